The lowest BCUT2D eigenvalue weighted by Crippen LogP contribution is -2.22. The predicted octanol–water partition coefficient (Wildman–Crippen LogP) is 3.93. The highest BCUT2D eigenvalue weighted by Crippen LogP contribution is 2.38. The van der Waals surface area contributed by atoms with Gasteiger partial charge in [-0.3, -0.25) is 14.9 Å². The van der Waals surface area contributed by atoms with Crippen LogP contribution in [0.5, 0.6) is 0 Å². The quantitative estimate of drug-likeness (QED) is 0.254. The molecule has 0 amide bonds. The molecular weight excluding hydrogens is 322 g/mol. The summed E-state index contributed by atoms with van der Waals surface area (Å²) in [7, 11) is 0. The fraction of sp³-hybridized carbons (Fsp3) is 0.222. The van der Waals surface area contributed by atoms with Crippen molar-refractivity contribution in [2.75, 3.05) is 5.32 Å². The third-order valence-corrected chi connectivity index (χ3v) is 3.90. The third-order valence-electron chi connectivity index (χ3n) is 3.90. The van der Waals surface area contributed by atoms with E-state index in [2.05, 4.69) is 10.3 Å². The number of nitrogens with zero attached hydrogens (tertiary/aromatic N) is 2. The van der Waals surface area contributed by atoms with Gasteiger partial charge in [0.25, 0.3) is 5.69 Å². The lowest BCUT2D eigenvalue weighted by atomic mass is 10.0. The van der Waals surface area contributed by atoms with Crippen LogP contribution in [-0.2, 0) is 9.53 Å². The third kappa shape index (κ3) is 3.08. The van der Waals surface area contributed by atoms with Gasteiger partial charge < -0.3 is 10.1 Å². The Morgan fingerprint density at radius 1 is 1.28 bits per heavy atom. The van der Waals surface area contributed by atoms with Crippen LogP contribution >= 0.6 is 0 Å². The van der Waals surface area contributed by atoms with Crippen LogP contribution in [0.25, 0.3) is 21.8 Å². The smallest absolute Gasteiger partial charge is 0.304 e. The number of rotatable bonds is 4. The van der Waals surface area contributed by atoms with Gasteiger partial charge in [0.05, 0.1) is 21.6 Å². The fourth-order valence-corrected chi connectivity index (χ4v) is 2.90. The molecule has 0 bridgehead atoms. The standard InChI is InChI=1S/C18H17N3O4/c1-10-8-9-15(21(23)24)16-17(10)20-14-7-5-4-6-13(14)18(16)19-11(2)25-12(3)22/h4-9,11H,1-3H3,(H,19,20). The Hall–Kier alpha value is -3.22. The average Bonchev–Trinajstić information content (AvgIpc) is 2.54. The van der Waals surface area contributed by atoms with E-state index in [4.69, 9.17) is 4.74 Å². The SMILES string of the molecule is CC(=O)OC(C)Nc1c2ccccc2nc2c(C)ccc([N+](=O)[O-])c12. The number of carbonyl (C=O) groups is 1. The highest BCUT2D eigenvalue weighted by Gasteiger charge is 2.22. The number of aromatic nitrogens is 1. The molecule has 0 radical (unpaired) electrons. The molecule has 1 heterocycles. The minimum absolute atomic E-state index is 0.0450. The van der Waals surface area contributed by atoms with E-state index in [0.717, 1.165) is 10.9 Å². The molecule has 7 nitrogen and oxygen atoms in total. The molecule has 7 heteroatoms. The predicted molar refractivity (Wildman–Crippen MR) is 95.5 cm³/mol. The zero-order chi connectivity index (χ0) is 18.1. The van der Waals surface area contributed by atoms with Gasteiger partial charge in [0.1, 0.15) is 5.39 Å². The second-order valence-electron chi connectivity index (χ2n) is 5.78. The van der Waals surface area contributed by atoms with Gasteiger partial charge in [0.15, 0.2) is 6.23 Å². The number of hydrogen-bond acceptors (Lipinski definition) is 6. The summed E-state index contributed by atoms with van der Waals surface area (Å²) in [6.07, 6.45) is -0.647. The fourth-order valence-electron chi connectivity index (χ4n) is 2.90. The number of carbonyl (C=O) groups excluding carboxylic acids is 1. The summed E-state index contributed by atoms with van der Waals surface area (Å²) in [5.74, 6) is -0.437. The molecule has 1 aromatic heterocycles. The van der Waals surface area contributed by atoms with Crippen molar-refractivity contribution in [3.8, 4) is 0 Å². The number of hydrogen-bond donors (Lipinski definition) is 1. The number of non-ortho nitro benzene ring substituents is 1. The number of para-hydroxylation sites is 1. The van der Waals surface area contributed by atoms with Crippen LogP contribution < -0.4 is 5.32 Å². The average molecular weight is 339 g/mol. The lowest BCUT2D eigenvalue weighted by Gasteiger charge is -2.19. The first-order valence-electron chi connectivity index (χ1n) is 7.78. The summed E-state index contributed by atoms with van der Waals surface area (Å²) in [5, 5.41) is 15.8. The van der Waals surface area contributed by atoms with Gasteiger partial charge in [-0.05, 0) is 25.5 Å². The number of aryl methyl sites for hydroxylation is 1. The molecule has 0 saturated heterocycles. The number of pyridine rings is 1. The van der Waals surface area contributed by atoms with Crippen molar-refractivity contribution in [2.45, 2.75) is 27.0 Å². The molecule has 3 aromatic rings. The minimum Gasteiger partial charge on any atom is -0.442 e. The van der Waals surface area contributed by atoms with E-state index in [9.17, 15) is 14.9 Å². The first kappa shape index (κ1) is 16.6. The van der Waals surface area contributed by atoms with Crippen molar-refractivity contribution in [1.82, 2.24) is 4.98 Å². The van der Waals surface area contributed by atoms with Gasteiger partial charge in [-0.1, -0.05) is 24.3 Å². The summed E-state index contributed by atoms with van der Waals surface area (Å²) in [4.78, 5) is 26.9. The summed E-state index contributed by atoms with van der Waals surface area (Å²) in [5.41, 5.74) is 2.57. The zero-order valence-electron chi connectivity index (χ0n) is 14.1. The Morgan fingerprint density at radius 3 is 2.68 bits per heavy atom. The number of nitro benzene ring substituents is 1. The van der Waals surface area contributed by atoms with Crippen LogP contribution in [0.1, 0.15) is 19.4 Å². The van der Waals surface area contributed by atoms with Gasteiger partial charge in [0, 0.05) is 18.4 Å². The highest BCUT2D eigenvalue weighted by atomic mass is 16.6. The first-order chi connectivity index (χ1) is 11.9. The van der Waals surface area contributed by atoms with Crippen molar-refractivity contribution in [3.63, 3.8) is 0 Å². The monoisotopic (exact) mass is 339 g/mol. The Kier molecular flexibility index (Phi) is 4.22. The van der Waals surface area contributed by atoms with Gasteiger partial charge in [0.2, 0.25) is 0 Å². The minimum atomic E-state index is -0.647. The van der Waals surface area contributed by atoms with E-state index in [1.54, 1.807) is 13.0 Å². The molecule has 0 spiro atoms. The van der Waals surface area contributed by atoms with E-state index in [1.165, 1.54) is 13.0 Å². The molecule has 0 fully saturated rings. The van der Waals surface area contributed by atoms with E-state index in [-0.39, 0.29) is 5.69 Å². The zero-order valence-corrected chi connectivity index (χ0v) is 14.1. The summed E-state index contributed by atoms with van der Waals surface area (Å²) >= 11 is 0. The van der Waals surface area contributed by atoms with Crippen molar-refractivity contribution in [2.24, 2.45) is 0 Å². The van der Waals surface area contributed by atoms with Gasteiger partial charge in [-0.25, -0.2) is 4.98 Å². The van der Waals surface area contributed by atoms with E-state index in [0.29, 0.717) is 22.1 Å². The molecular formula is C18H17N3O4. The van der Waals surface area contributed by atoms with Gasteiger partial charge in [-0.2, -0.15) is 0 Å². The number of nitro groups is 1. The second kappa shape index (κ2) is 6.35. The molecule has 1 unspecified atom stereocenters. The van der Waals surface area contributed by atoms with Crippen molar-refractivity contribution in [3.05, 3.63) is 52.1 Å². The van der Waals surface area contributed by atoms with E-state index >= 15 is 0 Å². The molecule has 0 saturated carbocycles. The number of benzene rings is 2. The van der Waals surface area contributed by atoms with Crippen molar-refractivity contribution >= 4 is 39.1 Å². The number of nitrogens with one attached hydrogen (secondary N) is 1. The molecule has 0 aliphatic carbocycles. The Morgan fingerprint density at radius 2 is 2.00 bits per heavy atom. The summed E-state index contributed by atoms with van der Waals surface area (Å²) < 4.78 is 5.14. The Balaban J connectivity index is 2.36. The largest absolute Gasteiger partial charge is 0.442 e. The first-order valence-corrected chi connectivity index (χ1v) is 7.78. The second-order valence-corrected chi connectivity index (χ2v) is 5.78. The van der Waals surface area contributed by atoms with Crippen LogP contribution in [0.3, 0.4) is 0 Å². The van der Waals surface area contributed by atoms with Crippen LogP contribution in [0.2, 0.25) is 0 Å². The Labute approximate surface area is 143 Å². The molecule has 2 aromatic carbocycles. The molecule has 1 N–H and O–H groups in total. The normalized spacial score (nSPS) is 12.1. The maximum absolute atomic E-state index is 11.5. The van der Waals surface area contributed by atoms with Gasteiger partial charge in [-0.15, -0.1) is 0 Å². The van der Waals surface area contributed by atoms with Crippen LogP contribution in [0.4, 0.5) is 11.4 Å². The van der Waals surface area contributed by atoms with Crippen molar-refractivity contribution in [1.29, 1.82) is 0 Å². The highest BCUT2D eigenvalue weighted by molar-refractivity contribution is 6.12. The number of fused-ring (bicyclic) bond motifs is 2. The molecule has 0 aliphatic heterocycles. The maximum Gasteiger partial charge on any atom is 0.304 e. The maximum atomic E-state index is 11.5. The number of anilines is 1. The molecule has 3 rings (SSSR count). The number of esters is 1. The molecule has 25 heavy (non-hydrogen) atoms. The summed E-state index contributed by atoms with van der Waals surface area (Å²) in [6.45, 7) is 4.84. The summed E-state index contributed by atoms with van der Waals surface area (Å²) in [6, 6.07) is 10.5. The van der Waals surface area contributed by atoms with Crippen LogP contribution in [0, 0.1) is 17.0 Å². The van der Waals surface area contributed by atoms with Gasteiger partial charge >= 0.3 is 5.97 Å². The molecule has 1 atom stereocenters. The van der Waals surface area contributed by atoms with Crippen LogP contribution in [0.15, 0.2) is 36.4 Å². The van der Waals surface area contributed by atoms with E-state index in [1.807, 2.05) is 31.2 Å². The van der Waals surface area contributed by atoms with E-state index < -0.39 is 17.1 Å². The molecule has 0 aliphatic rings. The van der Waals surface area contributed by atoms with Crippen LogP contribution in [-0.4, -0.2) is 22.1 Å². The molecule has 128 valence electrons. The lowest BCUT2D eigenvalue weighted by molar-refractivity contribution is -0.383. The number of ether oxygens (including phenoxy) is 1. The topological polar surface area (TPSA) is 94.4 Å². The Bertz CT molecular complexity index is 1000. The van der Waals surface area contributed by atoms with Crippen molar-refractivity contribution < 1.29 is 14.5 Å².